The average Bonchev–Trinajstić information content (AvgIpc) is 2.78. The molecule has 172 valence electrons. The molecule has 6 rings (SSSR count). The molecule has 4 bridgehead atoms. The molecule has 0 atom stereocenters. The van der Waals surface area contributed by atoms with Gasteiger partial charge in [0.1, 0.15) is 0 Å². The summed E-state index contributed by atoms with van der Waals surface area (Å²) in [6, 6.07) is 8.96. The highest BCUT2D eigenvalue weighted by Crippen LogP contribution is 2.55. The zero-order chi connectivity index (χ0) is 23.2. The summed E-state index contributed by atoms with van der Waals surface area (Å²) in [4.78, 5) is 25.3. The van der Waals surface area contributed by atoms with Crippen molar-refractivity contribution < 1.29 is 24.9 Å². The third kappa shape index (κ3) is 4.13. The largest absolute Gasteiger partial charge is 0.504 e. The van der Waals surface area contributed by atoms with Crippen LogP contribution in [0.15, 0.2) is 41.5 Å². The molecule has 0 aromatic heterocycles. The third-order valence-corrected chi connectivity index (χ3v) is 7.36. The minimum atomic E-state index is -0.660. The number of amides is 2. The van der Waals surface area contributed by atoms with Gasteiger partial charge in [-0.3, -0.25) is 9.59 Å². The van der Waals surface area contributed by atoms with Crippen LogP contribution in [0.4, 0.5) is 0 Å². The predicted molar refractivity (Wildman–Crippen MR) is 121 cm³/mol. The topological polar surface area (TPSA) is 131 Å². The van der Waals surface area contributed by atoms with E-state index < -0.39 is 23.2 Å². The fraction of sp³-hybridized carbons (Fsp3) is 0.400. The molecule has 4 saturated carbocycles. The van der Waals surface area contributed by atoms with E-state index in [-0.39, 0.29) is 17.0 Å². The van der Waals surface area contributed by atoms with Crippen LogP contribution >= 0.6 is 0 Å². The minimum Gasteiger partial charge on any atom is -0.504 e. The molecule has 4 aliphatic rings. The van der Waals surface area contributed by atoms with Crippen molar-refractivity contribution in [1.29, 1.82) is 0 Å². The van der Waals surface area contributed by atoms with Crippen LogP contribution in [0.25, 0.3) is 0 Å². The molecule has 4 fully saturated rings. The number of phenols is 3. The monoisotopic (exact) mass is 449 g/mol. The summed E-state index contributed by atoms with van der Waals surface area (Å²) >= 11 is 0. The summed E-state index contributed by atoms with van der Waals surface area (Å²) in [6.45, 7) is 0. The molecule has 5 N–H and O–H groups in total. The number of hydrazone groups is 1. The van der Waals surface area contributed by atoms with E-state index in [1.165, 1.54) is 31.4 Å². The Bertz CT molecular complexity index is 1090. The Morgan fingerprint density at radius 3 is 1.94 bits per heavy atom. The van der Waals surface area contributed by atoms with Crippen molar-refractivity contribution in [2.75, 3.05) is 0 Å². The molecule has 8 heteroatoms. The van der Waals surface area contributed by atoms with Crippen molar-refractivity contribution in [2.24, 2.45) is 22.9 Å². The number of phenolic OH excluding ortho intramolecular Hbond substituents is 3. The molecule has 33 heavy (non-hydrogen) atoms. The van der Waals surface area contributed by atoms with E-state index in [1.54, 1.807) is 24.3 Å². The van der Waals surface area contributed by atoms with Gasteiger partial charge in [0.05, 0.1) is 6.21 Å². The highest BCUT2D eigenvalue weighted by atomic mass is 16.3. The Balaban J connectivity index is 1.20. The number of rotatable bonds is 5. The Kier molecular flexibility index (Phi) is 5.23. The molecule has 0 radical (unpaired) electrons. The van der Waals surface area contributed by atoms with Gasteiger partial charge in [-0.25, -0.2) is 5.43 Å². The fourth-order valence-electron chi connectivity index (χ4n) is 6.26. The van der Waals surface area contributed by atoms with E-state index in [2.05, 4.69) is 15.8 Å². The van der Waals surface area contributed by atoms with Crippen LogP contribution in [0, 0.1) is 17.8 Å². The van der Waals surface area contributed by atoms with Gasteiger partial charge in [-0.05, 0) is 92.7 Å². The minimum absolute atomic E-state index is 0.0647. The van der Waals surface area contributed by atoms with Crippen LogP contribution in [0.2, 0.25) is 0 Å². The second-order valence-electron chi connectivity index (χ2n) is 9.80. The maximum Gasteiger partial charge on any atom is 0.271 e. The lowest BCUT2D eigenvalue weighted by Gasteiger charge is -2.56. The molecule has 2 aromatic carbocycles. The summed E-state index contributed by atoms with van der Waals surface area (Å²) in [5.74, 6) is 0.00398. The average molecular weight is 450 g/mol. The normalized spacial score (nSPS) is 27.6. The number of aromatic hydroxyl groups is 3. The van der Waals surface area contributed by atoms with Crippen molar-refractivity contribution in [3.05, 3.63) is 53.1 Å². The Morgan fingerprint density at radius 2 is 1.36 bits per heavy atom. The maximum atomic E-state index is 12.9. The zero-order valence-corrected chi connectivity index (χ0v) is 18.1. The first-order valence-corrected chi connectivity index (χ1v) is 11.3. The van der Waals surface area contributed by atoms with Crippen molar-refractivity contribution in [1.82, 2.24) is 10.7 Å². The zero-order valence-electron chi connectivity index (χ0n) is 18.1. The molecule has 0 unspecified atom stereocenters. The lowest BCUT2D eigenvalue weighted by molar-refractivity contribution is -0.0167. The maximum absolute atomic E-state index is 12.9. The van der Waals surface area contributed by atoms with Crippen molar-refractivity contribution >= 4 is 18.0 Å². The van der Waals surface area contributed by atoms with E-state index in [9.17, 15) is 24.9 Å². The molecule has 0 heterocycles. The van der Waals surface area contributed by atoms with Gasteiger partial charge in [0, 0.05) is 22.2 Å². The molecular formula is C25H27N3O5. The van der Waals surface area contributed by atoms with Crippen LogP contribution in [0.1, 0.15) is 64.8 Å². The first-order chi connectivity index (χ1) is 15.8. The second kappa shape index (κ2) is 8.10. The number of hydrogen-bond donors (Lipinski definition) is 5. The molecule has 8 nitrogen and oxygen atoms in total. The summed E-state index contributed by atoms with van der Waals surface area (Å²) in [6.07, 6.45) is 8.34. The molecule has 2 amide bonds. The summed E-state index contributed by atoms with van der Waals surface area (Å²) < 4.78 is 0. The van der Waals surface area contributed by atoms with Gasteiger partial charge in [-0.2, -0.15) is 5.10 Å². The first-order valence-electron chi connectivity index (χ1n) is 11.3. The fourth-order valence-corrected chi connectivity index (χ4v) is 6.26. The number of nitrogens with one attached hydrogen (secondary N) is 2. The highest BCUT2D eigenvalue weighted by Gasteiger charge is 2.51. The molecular weight excluding hydrogens is 422 g/mol. The SMILES string of the molecule is O=C(N/N=C/c1ccc(O)c(O)c1O)c1ccc(C(=O)NC23CC4CC(CC(C4)C2)C3)cc1. The van der Waals surface area contributed by atoms with E-state index >= 15 is 0 Å². The van der Waals surface area contributed by atoms with Crippen molar-refractivity contribution in [3.8, 4) is 17.2 Å². The lowest BCUT2D eigenvalue weighted by Crippen LogP contribution is -2.59. The van der Waals surface area contributed by atoms with E-state index in [4.69, 9.17) is 0 Å². The van der Waals surface area contributed by atoms with Crippen LogP contribution in [0.3, 0.4) is 0 Å². The van der Waals surface area contributed by atoms with Gasteiger partial charge in [0.2, 0.25) is 5.75 Å². The van der Waals surface area contributed by atoms with Crippen molar-refractivity contribution in [3.63, 3.8) is 0 Å². The second-order valence-corrected chi connectivity index (χ2v) is 9.80. The van der Waals surface area contributed by atoms with Crippen LogP contribution in [-0.2, 0) is 0 Å². The van der Waals surface area contributed by atoms with Crippen LogP contribution in [-0.4, -0.2) is 38.9 Å². The smallest absolute Gasteiger partial charge is 0.271 e. The number of hydrogen-bond acceptors (Lipinski definition) is 6. The Morgan fingerprint density at radius 1 is 0.818 bits per heavy atom. The Hall–Kier alpha value is -3.55. The summed E-state index contributed by atoms with van der Waals surface area (Å²) in [5, 5.41) is 35.8. The third-order valence-electron chi connectivity index (χ3n) is 7.36. The highest BCUT2D eigenvalue weighted by molar-refractivity contribution is 5.98. The van der Waals surface area contributed by atoms with Gasteiger partial charge < -0.3 is 20.6 Å². The van der Waals surface area contributed by atoms with Gasteiger partial charge in [-0.15, -0.1) is 0 Å². The molecule has 0 saturated heterocycles. The van der Waals surface area contributed by atoms with Gasteiger partial charge in [-0.1, -0.05) is 0 Å². The van der Waals surface area contributed by atoms with E-state index in [0.29, 0.717) is 11.1 Å². The Labute approximate surface area is 191 Å². The van der Waals surface area contributed by atoms with Crippen LogP contribution < -0.4 is 10.7 Å². The first kappa shape index (κ1) is 21.3. The standard InChI is InChI=1S/C25H27N3O5/c29-20-6-5-19(21(30)22(20)31)13-26-28-24(33)18-3-1-17(2-4-18)23(32)27-25-10-14-7-15(11-25)9-16(8-14)12-25/h1-6,13-16,29-31H,7-12H2,(H,27,32)(H,28,33)/b26-13+. The molecule has 0 aliphatic heterocycles. The number of carbonyl (C=O) groups excluding carboxylic acids is 2. The van der Waals surface area contributed by atoms with Gasteiger partial charge in [0.25, 0.3) is 11.8 Å². The number of benzene rings is 2. The van der Waals surface area contributed by atoms with Crippen LogP contribution in [0.5, 0.6) is 17.2 Å². The summed E-state index contributed by atoms with van der Waals surface area (Å²) in [5.41, 5.74) is 3.25. The summed E-state index contributed by atoms with van der Waals surface area (Å²) in [7, 11) is 0. The number of nitrogens with zero attached hydrogens (tertiary/aromatic N) is 1. The predicted octanol–water partition coefficient (Wildman–Crippen LogP) is 3.27. The van der Waals surface area contributed by atoms with Crippen molar-refractivity contribution in [2.45, 2.75) is 44.1 Å². The lowest BCUT2D eigenvalue weighted by atomic mass is 9.53. The molecule has 0 spiro atoms. The number of carbonyl (C=O) groups is 2. The van der Waals surface area contributed by atoms with Gasteiger partial charge in [0.15, 0.2) is 11.5 Å². The van der Waals surface area contributed by atoms with E-state index in [1.807, 2.05) is 0 Å². The van der Waals surface area contributed by atoms with Gasteiger partial charge >= 0.3 is 0 Å². The quantitative estimate of drug-likeness (QED) is 0.272. The molecule has 4 aliphatic carbocycles. The van der Waals surface area contributed by atoms with E-state index in [0.717, 1.165) is 43.2 Å². The molecule has 2 aromatic rings.